The van der Waals surface area contributed by atoms with Gasteiger partial charge in [-0.05, 0) is 29.0 Å². The summed E-state index contributed by atoms with van der Waals surface area (Å²) >= 11 is 5.59. The van der Waals surface area contributed by atoms with Crippen molar-refractivity contribution in [1.29, 1.82) is 0 Å². The molecule has 21 heavy (non-hydrogen) atoms. The van der Waals surface area contributed by atoms with E-state index >= 15 is 0 Å². The number of nitrogens with one attached hydrogen (secondary N) is 2. The maximum absolute atomic E-state index is 10.8. The lowest BCUT2D eigenvalue weighted by Crippen LogP contribution is -2.13. The van der Waals surface area contributed by atoms with E-state index in [9.17, 15) is 9.59 Å². The number of thiophene rings is 3. The fourth-order valence-corrected chi connectivity index (χ4v) is 5.55. The second kappa shape index (κ2) is 4.80. The van der Waals surface area contributed by atoms with E-state index < -0.39 is 11.7 Å². The Morgan fingerprint density at radius 2 is 1.86 bits per heavy atom. The molecule has 104 valence electrons. The Hall–Kier alpha value is -1.96. The molecule has 1 aliphatic rings. The third kappa shape index (κ3) is 2.01. The zero-order chi connectivity index (χ0) is 14.4. The van der Waals surface area contributed by atoms with Crippen molar-refractivity contribution in [3.63, 3.8) is 0 Å². The van der Waals surface area contributed by atoms with Crippen LogP contribution in [0.4, 0.5) is 5.69 Å². The summed E-state index contributed by atoms with van der Waals surface area (Å²) in [5.41, 5.74) is 0.944. The van der Waals surface area contributed by atoms with Gasteiger partial charge >= 0.3 is 0 Å². The van der Waals surface area contributed by atoms with Crippen LogP contribution in [0.15, 0.2) is 35.2 Å². The van der Waals surface area contributed by atoms with Crippen LogP contribution in [0.5, 0.6) is 0 Å². The summed E-state index contributed by atoms with van der Waals surface area (Å²) in [7, 11) is 0. The highest BCUT2D eigenvalue weighted by molar-refractivity contribution is 7.43. The van der Waals surface area contributed by atoms with Crippen LogP contribution in [0.1, 0.15) is 10.5 Å². The van der Waals surface area contributed by atoms with Crippen LogP contribution < -0.4 is 5.32 Å². The van der Waals surface area contributed by atoms with Crippen LogP contribution in [0.2, 0.25) is 0 Å². The molecule has 4 nitrogen and oxygen atoms in total. The van der Waals surface area contributed by atoms with Gasteiger partial charge in [-0.3, -0.25) is 9.59 Å². The predicted molar refractivity (Wildman–Crippen MR) is 88.8 cm³/mol. The lowest BCUT2D eigenvalue weighted by molar-refractivity contribution is -0.112. The van der Waals surface area contributed by atoms with Gasteiger partial charge in [0.1, 0.15) is 5.69 Å². The number of amides is 1. The van der Waals surface area contributed by atoms with Crippen LogP contribution in [-0.2, 0) is 4.79 Å². The molecule has 4 aromatic heterocycles. The molecule has 0 atom stereocenters. The molecule has 4 aromatic rings. The number of anilines is 1. The molecule has 0 saturated heterocycles. The van der Waals surface area contributed by atoms with Gasteiger partial charge in [-0.25, -0.2) is 0 Å². The highest BCUT2D eigenvalue weighted by atomic mass is 32.2. The van der Waals surface area contributed by atoms with E-state index in [1.54, 1.807) is 12.3 Å². The molecule has 0 saturated carbocycles. The van der Waals surface area contributed by atoms with Crippen LogP contribution in [-0.4, -0.2) is 16.7 Å². The summed E-state index contributed by atoms with van der Waals surface area (Å²) in [6, 6.07) is 6.07. The Morgan fingerprint density at radius 3 is 2.71 bits per heavy atom. The lowest BCUT2D eigenvalue weighted by Gasteiger charge is -1.83. The lowest BCUT2D eigenvalue weighted by atomic mass is 10.3. The van der Waals surface area contributed by atoms with Crippen LogP contribution >= 0.6 is 34.0 Å². The largest absolute Gasteiger partial charge is 0.357 e. The highest BCUT2D eigenvalue weighted by Gasteiger charge is 2.28. The number of carbonyl (C=O) groups excluding carboxylic acids is 2. The van der Waals surface area contributed by atoms with Crippen molar-refractivity contribution < 1.29 is 9.59 Å². The maximum atomic E-state index is 10.8. The predicted octanol–water partition coefficient (Wildman–Crippen LogP) is 4.33. The van der Waals surface area contributed by atoms with Gasteiger partial charge in [-0.1, -0.05) is 0 Å². The molecule has 1 amide bonds. The van der Waals surface area contributed by atoms with E-state index in [1.807, 2.05) is 34.0 Å². The van der Waals surface area contributed by atoms with Gasteiger partial charge in [0.2, 0.25) is 0 Å². The number of rotatable bonds is 0. The molecular formula is C14H8N2O2S3. The SMILES string of the molecule is O=C1Nc2cc[nH]c2C1=O.c1cc2c(s1)sc1ccsc12. The summed E-state index contributed by atoms with van der Waals surface area (Å²) in [4.78, 5) is 24.1. The quantitative estimate of drug-likeness (QED) is 0.471. The number of hydrogen-bond donors (Lipinski definition) is 2. The number of ketones is 1. The Labute approximate surface area is 131 Å². The zero-order valence-corrected chi connectivity index (χ0v) is 13.0. The average molecular weight is 332 g/mol. The van der Waals surface area contributed by atoms with E-state index in [1.165, 1.54) is 18.8 Å². The van der Waals surface area contributed by atoms with Crippen molar-refractivity contribution in [1.82, 2.24) is 4.98 Å². The van der Waals surface area contributed by atoms with Gasteiger partial charge in [-0.2, -0.15) is 0 Å². The molecule has 1 aliphatic heterocycles. The van der Waals surface area contributed by atoms with Crippen LogP contribution in [0, 0.1) is 0 Å². The van der Waals surface area contributed by atoms with E-state index in [2.05, 4.69) is 33.2 Å². The van der Waals surface area contributed by atoms with Crippen LogP contribution in [0.25, 0.3) is 18.8 Å². The summed E-state index contributed by atoms with van der Waals surface area (Å²) in [5.74, 6) is -1.04. The molecule has 0 unspecified atom stereocenters. The number of hydrogen-bond acceptors (Lipinski definition) is 5. The summed E-state index contributed by atoms with van der Waals surface area (Å²) < 4.78 is 4.37. The number of aromatic nitrogens is 1. The number of H-pyrrole nitrogens is 1. The Morgan fingerprint density at radius 1 is 1.00 bits per heavy atom. The average Bonchev–Trinajstić information content (AvgIpc) is 3.19. The summed E-state index contributed by atoms with van der Waals surface area (Å²) in [6.45, 7) is 0. The normalized spacial score (nSPS) is 13.3. The van der Waals surface area contributed by atoms with Gasteiger partial charge in [0.25, 0.3) is 11.7 Å². The van der Waals surface area contributed by atoms with Crippen molar-refractivity contribution in [2.75, 3.05) is 5.32 Å². The second-order valence-corrected chi connectivity index (χ2v) is 7.53. The van der Waals surface area contributed by atoms with Gasteiger partial charge < -0.3 is 10.3 Å². The third-order valence-electron chi connectivity index (χ3n) is 3.13. The van der Waals surface area contributed by atoms with Gasteiger partial charge in [-0.15, -0.1) is 34.0 Å². The molecule has 0 bridgehead atoms. The fourth-order valence-electron chi connectivity index (χ4n) is 2.17. The first-order chi connectivity index (χ1) is 10.2. The van der Waals surface area contributed by atoms with Gasteiger partial charge in [0.15, 0.2) is 0 Å². The fraction of sp³-hybridized carbons (Fsp3) is 0. The Bertz CT molecular complexity index is 928. The molecular weight excluding hydrogens is 324 g/mol. The molecule has 5 rings (SSSR count). The smallest absolute Gasteiger partial charge is 0.298 e. The summed E-state index contributed by atoms with van der Waals surface area (Å²) in [5, 5.41) is 8.19. The number of Topliss-reactive ketones (excluding diaryl/α,β-unsaturated/α-hetero) is 1. The minimum Gasteiger partial charge on any atom is -0.357 e. The molecule has 7 heteroatoms. The van der Waals surface area contributed by atoms with Crippen molar-refractivity contribution in [2.45, 2.75) is 0 Å². The molecule has 5 heterocycles. The minimum atomic E-state index is -0.554. The standard InChI is InChI=1S/C8H4S3.C6H4N2O2/c1-3-10-8-5(1)7-6(11-8)2-4-9-7;9-5-4-3(1-2-7-4)8-6(5)10/h1-4H;1-2,7H,(H,8,9,10). The van der Waals surface area contributed by atoms with E-state index in [0.717, 1.165) is 0 Å². The second-order valence-electron chi connectivity index (χ2n) is 4.39. The monoisotopic (exact) mass is 332 g/mol. The third-order valence-corrected chi connectivity index (χ3v) is 6.42. The van der Waals surface area contributed by atoms with E-state index in [0.29, 0.717) is 11.4 Å². The first kappa shape index (κ1) is 12.8. The van der Waals surface area contributed by atoms with Crippen molar-refractivity contribution in [2.24, 2.45) is 0 Å². The molecule has 0 aromatic carbocycles. The zero-order valence-electron chi connectivity index (χ0n) is 10.5. The first-order valence-electron chi connectivity index (χ1n) is 6.10. The molecule has 2 N–H and O–H groups in total. The van der Waals surface area contributed by atoms with Gasteiger partial charge in [0, 0.05) is 16.3 Å². The number of carbonyl (C=O) groups is 2. The molecule has 0 aliphatic carbocycles. The van der Waals surface area contributed by atoms with Crippen molar-refractivity contribution in [3.8, 4) is 0 Å². The minimum absolute atomic E-state index is 0.366. The molecule has 0 fully saturated rings. The van der Waals surface area contributed by atoms with E-state index in [-0.39, 0.29) is 0 Å². The molecule has 0 spiro atoms. The molecule has 0 radical (unpaired) electrons. The van der Waals surface area contributed by atoms with E-state index in [4.69, 9.17) is 0 Å². The van der Waals surface area contributed by atoms with Gasteiger partial charge in [0.05, 0.1) is 14.4 Å². The Kier molecular flexibility index (Phi) is 2.91. The number of fused-ring (bicyclic) bond motifs is 4. The maximum Gasteiger partial charge on any atom is 0.298 e. The highest BCUT2D eigenvalue weighted by Crippen LogP contribution is 2.39. The Balaban J connectivity index is 0.000000110. The van der Waals surface area contributed by atoms with Crippen molar-refractivity contribution in [3.05, 3.63) is 40.8 Å². The van der Waals surface area contributed by atoms with Crippen LogP contribution in [0.3, 0.4) is 0 Å². The summed E-state index contributed by atoms with van der Waals surface area (Å²) in [6.07, 6.45) is 1.61. The topological polar surface area (TPSA) is 62.0 Å². The first-order valence-corrected chi connectivity index (χ1v) is 8.68. The number of aromatic amines is 1. The van der Waals surface area contributed by atoms with Crippen molar-refractivity contribution >= 4 is 70.2 Å².